The van der Waals surface area contributed by atoms with Gasteiger partial charge in [0, 0.05) is 16.5 Å². The van der Waals surface area contributed by atoms with Crippen molar-refractivity contribution in [1.82, 2.24) is 0 Å². The molecule has 0 saturated heterocycles. The van der Waals surface area contributed by atoms with Crippen LogP contribution in [0.5, 0.6) is 5.75 Å². The Hall–Kier alpha value is -1.32. The maximum Gasteiger partial charge on any atom is 0.163 e. The zero-order valence-corrected chi connectivity index (χ0v) is 13.2. The van der Waals surface area contributed by atoms with Gasteiger partial charge in [0.2, 0.25) is 0 Å². The molecule has 0 aliphatic rings. The van der Waals surface area contributed by atoms with E-state index in [1.165, 1.54) is 0 Å². The average molecular weight is 354 g/mol. The van der Waals surface area contributed by atoms with Crippen LogP contribution in [-0.2, 0) is 0 Å². The summed E-state index contributed by atoms with van der Waals surface area (Å²) in [6.07, 6.45) is 1.13. The topological polar surface area (TPSA) is 26.3 Å². The lowest BCUT2D eigenvalue weighted by atomic mass is 10.1. The zero-order valence-electron chi connectivity index (χ0n) is 10.8. The molecule has 0 radical (unpaired) electrons. The fourth-order valence-corrected chi connectivity index (χ4v) is 2.28. The summed E-state index contributed by atoms with van der Waals surface area (Å²) in [5.74, 6) is 0.766. The van der Waals surface area contributed by atoms with Gasteiger partial charge in [-0.15, -0.1) is 0 Å². The Morgan fingerprint density at radius 2 is 1.90 bits per heavy atom. The molecule has 2 rings (SSSR count). The van der Waals surface area contributed by atoms with Gasteiger partial charge in [0.15, 0.2) is 5.78 Å². The molecule has 0 aliphatic carbocycles. The molecule has 0 aromatic heterocycles. The highest BCUT2D eigenvalue weighted by Crippen LogP contribution is 2.28. The van der Waals surface area contributed by atoms with E-state index in [4.69, 9.17) is 16.3 Å². The summed E-state index contributed by atoms with van der Waals surface area (Å²) < 4.78 is 6.50. The van der Waals surface area contributed by atoms with E-state index >= 15 is 0 Å². The molecule has 0 bridgehead atoms. The minimum Gasteiger partial charge on any atom is -0.492 e. The number of ketones is 1. The fraction of sp³-hybridized carbons (Fsp3) is 0.188. The third kappa shape index (κ3) is 4.36. The van der Waals surface area contributed by atoms with Crippen molar-refractivity contribution in [3.63, 3.8) is 0 Å². The van der Waals surface area contributed by atoms with Gasteiger partial charge in [-0.05, 0) is 24.6 Å². The highest BCUT2D eigenvalue weighted by molar-refractivity contribution is 9.10. The molecule has 2 nitrogen and oxygen atoms in total. The largest absolute Gasteiger partial charge is 0.492 e. The fourth-order valence-electron chi connectivity index (χ4n) is 1.77. The molecule has 0 unspecified atom stereocenters. The Labute approximate surface area is 131 Å². The van der Waals surface area contributed by atoms with Gasteiger partial charge >= 0.3 is 0 Å². The van der Waals surface area contributed by atoms with Crippen molar-refractivity contribution in [3.05, 3.63) is 63.6 Å². The Kier molecular flexibility index (Phi) is 5.62. The summed E-state index contributed by atoms with van der Waals surface area (Å²) in [5.41, 5.74) is 0.744. The predicted molar refractivity (Wildman–Crippen MR) is 84.7 cm³/mol. The van der Waals surface area contributed by atoms with Crippen molar-refractivity contribution < 1.29 is 9.53 Å². The van der Waals surface area contributed by atoms with E-state index in [1.54, 1.807) is 6.07 Å². The van der Waals surface area contributed by atoms with Crippen molar-refractivity contribution in [3.8, 4) is 5.75 Å². The second-order valence-corrected chi connectivity index (χ2v) is 5.64. The van der Waals surface area contributed by atoms with Crippen molar-refractivity contribution in [2.24, 2.45) is 0 Å². The Morgan fingerprint density at radius 3 is 2.65 bits per heavy atom. The molecule has 2 aromatic rings. The number of hydrogen-bond acceptors (Lipinski definition) is 2. The van der Waals surface area contributed by atoms with Crippen LogP contribution in [0.4, 0.5) is 0 Å². The minimum atomic E-state index is 0.134. The van der Waals surface area contributed by atoms with Crippen molar-refractivity contribution in [2.75, 3.05) is 6.61 Å². The lowest BCUT2D eigenvalue weighted by Gasteiger charge is -2.08. The molecule has 0 amide bonds. The Balaban J connectivity index is 1.79. The number of carbonyl (C=O) groups excluding carboxylic acids is 1. The zero-order chi connectivity index (χ0) is 14.4. The molecule has 0 heterocycles. The molecular formula is C16H14BrClO2. The second-order valence-electron chi connectivity index (χ2n) is 4.32. The lowest BCUT2D eigenvalue weighted by Crippen LogP contribution is -2.04. The Morgan fingerprint density at radius 1 is 1.15 bits per heavy atom. The van der Waals surface area contributed by atoms with Crippen LogP contribution < -0.4 is 4.74 Å². The number of Topliss-reactive ketones (excluding diaryl/α,β-unsaturated/α-hetero) is 1. The lowest BCUT2D eigenvalue weighted by molar-refractivity contribution is 0.0973. The monoisotopic (exact) mass is 352 g/mol. The van der Waals surface area contributed by atoms with Crippen molar-refractivity contribution >= 4 is 33.3 Å². The van der Waals surface area contributed by atoms with Gasteiger partial charge in [0.25, 0.3) is 0 Å². The number of rotatable bonds is 6. The van der Waals surface area contributed by atoms with Gasteiger partial charge in [-0.3, -0.25) is 4.79 Å². The molecule has 0 N–H and O–H groups in total. The van der Waals surface area contributed by atoms with Crippen LogP contribution in [0.25, 0.3) is 0 Å². The number of hydrogen-bond donors (Lipinski definition) is 0. The third-order valence-electron chi connectivity index (χ3n) is 2.79. The molecule has 0 fully saturated rings. The van der Waals surface area contributed by atoms with Crippen LogP contribution in [0.1, 0.15) is 23.2 Å². The SMILES string of the molecule is O=C(CCCOc1cc(Br)ccc1Cl)c1ccccc1. The van der Waals surface area contributed by atoms with Gasteiger partial charge < -0.3 is 4.74 Å². The van der Waals surface area contributed by atoms with Crippen molar-refractivity contribution in [1.29, 1.82) is 0 Å². The summed E-state index contributed by atoms with van der Waals surface area (Å²) in [6, 6.07) is 14.7. The average Bonchev–Trinajstić information content (AvgIpc) is 2.47. The quantitative estimate of drug-likeness (QED) is 0.530. The first kappa shape index (κ1) is 15.1. The maximum absolute atomic E-state index is 11.9. The van der Waals surface area contributed by atoms with E-state index in [2.05, 4.69) is 15.9 Å². The van der Waals surface area contributed by atoms with E-state index < -0.39 is 0 Å². The van der Waals surface area contributed by atoms with E-state index in [0.29, 0.717) is 30.2 Å². The maximum atomic E-state index is 11.9. The first-order valence-electron chi connectivity index (χ1n) is 6.33. The molecule has 0 spiro atoms. The van der Waals surface area contributed by atoms with E-state index in [0.717, 1.165) is 10.0 Å². The Bertz CT molecular complexity index is 584. The third-order valence-corrected chi connectivity index (χ3v) is 3.60. The van der Waals surface area contributed by atoms with Gasteiger partial charge in [-0.1, -0.05) is 57.9 Å². The van der Waals surface area contributed by atoms with Crippen LogP contribution >= 0.6 is 27.5 Å². The van der Waals surface area contributed by atoms with Gasteiger partial charge in [-0.2, -0.15) is 0 Å². The molecule has 0 aliphatic heterocycles. The number of benzene rings is 2. The van der Waals surface area contributed by atoms with Crippen LogP contribution in [-0.4, -0.2) is 12.4 Å². The molecular weight excluding hydrogens is 340 g/mol. The first-order chi connectivity index (χ1) is 9.66. The highest BCUT2D eigenvalue weighted by Gasteiger charge is 2.06. The standard InChI is InChI=1S/C16H14BrClO2/c17-13-8-9-14(18)16(11-13)20-10-4-7-15(19)12-5-2-1-3-6-12/h1-3,5-6,8-9,11H,4,7,10H2. The van der Waals surface area contributed by atoms with Gasteiger partial charge in [0.1, 0.15) is 5.75 Å². The molecule has 0 atom stereocenters. The first-order valence-corrected chi connectivity index (χ1v) is 7.50. The van der Waals surface area contributed by atoms with Crippen LogP contribution in [0.15, 0.2) is 53.0 Å². The molecule has 2 aromatic carbocycles. The van der Waals surface area contributed by atoms with Crippen LogP contribution in [0, 0.1) is 0 Å². The summed E-state index contributed by atoms with van der Waals surface area (Å²) in [7, 11) is 0. The van der Waals surface area contributed by atoms with E-state index in [9.17, 15) is 4.79 Å². The minimum absolute atomic E-state index is 0.134. The summed E-state index contributed by atoms with van der Waals surface area (Å²) >= 11 is 9.39. The summed E-state index contributed by atoms with van der Waals surface area (Å²) in [6.45, 7) is 0.467. The number of carbonyl (C=O) groups is 1. The van der Waals surface area contributed by atoms with Crippen LogP contribution in [0.3, 0.4) is 0 Å². The van der Waals surface area contributed by atoms with Gasteiger partial charge in [-0.25, -0.2) is 0 Å². The van der Waals surface area contributed by atoms with Gasteiger partial charge in [0.05, 0.1) is 11.6 Å². The molecule has 20 heavy (non-hydrogen) atoms. The molecule has 4 heteroatoms. The summed E-state index contributed by atoms with van der Waals surface area (Å²) in [5, 5.41) is 0.572. The van der Waals surface area contributed by atoms with E-state index in [-0.39, 0.29) is 5.78 Å². The number of halogens is 2. The smallest absolute Gasteiger partial charge is 0.163 e. The predicted octanol–water partition coefficient (Wildman–Crippen LogP) is 5.14. The second kappa shape index (κ2) is 7.46. The molecule has 104 valence electrons. The van der Waals surface area contributed by atoms with Crippen LogP contribution in [0.2, 0.25) is 5.02 Å². The van der Waals surface area contributed by atoms with E-state index in [1.807, 2.05) is 42.5 Å². The summed E-state index contributed by atoms with van der Waals surface area (Å²) in [4.78, 5) is 11.9. The molecule has 0 saturated carbocycles. The van der Waals surface area contributed by atoms with Crippen molar-refractivity contribution in [2.45, 2.75) is 12.8 Å². The highest BCUT2D eigenvalue weighted by atomic mass is 79.9. The normalized spacial score (nSPS) is 10.3. The number of ether oxygens (including phenoxy) is 1.